The molecule has 0 aliphatic rings. The van der Waals surface area contributed by atoms with Gasteiger partial charge in [-0.25, -0.2) is 4.79 Å². The van der Waals surface area contributed by atoms with E-state index in [4.69, 9.17) is 5.11 Å². The van der Waals surface area contributed by atoms with E-state index in [0.29, 0.717) is 5.03 Å². The summed E-state index contributed by atoms with van der Waals surface area (Å²) in [5.41, 5.74) is -0.968. The third-order valence-corrected chi connectivity index (χ3v) is 2.81. The zero-order chi connectivity index (χ0) is 13.2. The molecule has 1 heterocycles. The van der Waals surface area contributed by atoms with Crippen LogP contribution >= 0.6 is 11.8 Å². The Morgan fingerprint density at radius 2 is 1.94 bits per heavy atom. The molecule has 0 aliphatic carbocycles. The largest absolute Gasteiger partial charge is 0.477 e. The number of aromatic nitrogens is 1. The van der Waals surface area contributed by atoms with E-state index in [9.17, 15) is 14.4 Å². The standard InChI is InChI=1S/C10H12N2O4S/c1-12(2)9(14)6-4-5(10(15)16)7(13)11-8(6)17-3/h4H,1-3H3,(H,11,13)(H,15,16). The van der Waals surface area contributed by atoms with E-state index in [1.54, 1.807) is 20.4 Å². The molecule has 0 fully saturated rings. The van der Waals surface area contributed by atoms with Gasteiger partial charge in [-0.05, 0) is 12.3 Å². The van der Waals surface area contributed by atoms with Gasteiger partial charge in [0, 0.05) is 14.1 Å². The first-order valence-corrected chi connectivity index (χ1v) is 5.87. The van der Waals surface area contributed by atoms with E-state index in [1.165, 1.54) is 16.7 Å². The van der Waals surface area contributed by atoms with Gasteiger partial charge < -0.3 is 15.0 Å². The molecule has 7 heteroatoms. The van der Waals surface area contributed by atoms with Gasteiger partial charge in [0.15, 0.2) is 0 Å². The van der Waals surface area contributed by atoms with E-state index in [2.05, 4.69) is 4.98 Å². The van der Waals surface area contributed by atoms with Gasteiger partial charge in [0.25, 0.3) is 11.5 Å². The highest BCUT2D eigenvalue weighted by atomic mass is 32.2. The van der Waals surface area contributed by atoms with Crippen LogP contribution in [0.15, 0.2) is 15.9 Å². The van der Waals surface area contributed by atoms with Gasteiger partial charge in [0.05, 0.1) is 10.6 Å². The lowest BCUT2D eigenvalue weighted by atomic mass is 10.2. The van der Waals surface area contributed by atoms with E-state index < -0.39 is 17.1 Å². The second kappa shape index (κ2) is 5.05. The van der Waals surface area contributed by atoms with Crippen LogP contribution in [0.4, 0.5) is 0 Å². The van der Waals surface area contributed by atoms with Crippen molar-refractivity contribution in [2.75, 3.05) is 20.4 Å². The number of nitrogens with one attached hydrogen (secondary N) is 1. The lowest BCUT2D eigenvalue weighted by Crippen LogP contribution is -2.26. The fourth-order valence-corrected chi connectivity index (χ4v) is 1.79. The molecule has 92 valence electrons. The maximum atomic E-state index is 11.8. The number of rotatable bonds is 3. The predicted octanol–water partition coefficient (Wildman–Crippen LogP) is 0.497. The van der Waals surface area contributed by atoms with Crippen molar-refractivity contribution >= 4 is 23.6 Å². The fourth-order valence-electron chi connectivity index (χ4n) is 1.23. The maximum Gasteiger partial charge on any atom is 0.341 e. The highest BCUT2D eigenvalue weighted by Gasteiger charge is 2.19. The molecule has 1 aromatic rings. The average Bonchev–Trinajstić information content (AvgIpc) is 2.26. The molecular weight excluding hydrogens is 244 g/mol. The maximum absolute atomic E-state index is 11.8. The quantitative estimate of drug-likeness (QED) is 0.768. The summed E-state index contributed by atoms with van der Waals surface area (Å²) >= 11 is 1.18. The summed E-state index contributed by atoms with van der Waals surface area (Å²) in [5, 5.41) is 9.18. The number of carboxylic acids is 1. The minimum absolute atomic E-state index is 0.180. The number of H-pyrrole nitrogens is 1. The normalized spacial score (nSPS) is 10.1. The predicted molar refractivity (Wildman–Crippen MR) is 63.8 cm³/mol. The van der Waals surface area contributed by atoms with Gasteiger partial charge in [0.1, 0.15) is 5.56 Å². The van der Waals surface area contributed by atoms with Crippen LogP contribution in [0, 0.1) is 0 Å². The summed E-state index contributed by atoms with van der Waals surface area (Å²) in [5.74, 6) is -1.71. The molecule has 0 radical (unpaired) electrons. The number of carbonyl (C=O) groups is 2. The third kappa shape index (κ3) is 2.68. The molecule has 0 atom stereocenters. The van der Waals surface area contributed by atoms with Crippen molar-refractivity contribution in [3.05, 3.63) is 27.5 Å². The smallest absolute Gasteiger partial charge is 0.341 e. The van der Waals surface area contributed by atoms with Gasteiger partial charge in [-0.15, -0.1) is 11.8 Å². The molecular formula is C10H12N2O4S. The molecule has 0 saturated heterocycles. The Morgan fingerprint density at radius 3 is 2.35 bits per heavy atom. The number of pyridine rings is 1. The number of aromatic amines is 1. The Morgan fingerprint density at radius 1 is 1.35 bits per heavy atom. The van der Waals surface area contributed by atoms with Crippen molar-refractivity contribution in [3.63, 3.8) is 0 Å². The Kier molecular flexibility index (Phi) is 3.95. The average molecular weight is 256 g/mol. The molecule has 1 amide bonds. The van der Waals surface area contributed by atoms with Crippen LogP contribution < -0.4 is 5.56 Å². The van der Waals surface area contributed by atoms with Crippen molar-refractivity contribution in [1.82, 2.24) is 9.88 Å². The van der Waals surface area contributed by atoms with Gasteiger partial charge in [-0.3, -0.25) is 9.59 Å². The number of thioether (sulfide) groups is 1. The topological polar surface area (TPSA) is 90.5 Å². The zero-order valence-corrected chi connectivity index (χ0v) is 10.4. The Balaban J connectivity index is 3.47. The number of amides is 1. The van der Waals surface area contributed by atoms with Crippen LogP contribution in [0.25, 0.3) is 0 Å². The van der Waals surface area contributed by atoms with Crippen LogP contribution in [-0.2, 0) is 0 Å². The number of carbonyl (C=O) groups excluding carboxylic acids is 1. The first-order valence-electron chi connectivity index (χ1n) is 4.64. The van der Waals surface area contributed by atoms with E-state index in [1.807, 2.05) is 0 Å². The van der Waals surface area contributed by atoms with Gasteiger partial charge in [-0.2, -0.15) is 0 Å². The summed E-state index contributed by atoms with van der Waals surface area (Å²) in [6, 6.07) is 1.11. The SMILES string of the molecule is CSc1[nH]c(=O)c(C(=O)O)cc1C(=O)N(C)C. The minimum Gasteiger partial charge on any atom is -0.477 e. The first kappa shape index (κ1) is 13.3. The van der Waals surface area contributed by atoms with Crippen molar-refractivity contribution in [1.29, 1.82) is 0 Å². The summed E-state index contributed by atoms with van der Waals surface area (Å²) in [4.78, 5) is 37.7. The van der Waals surface area contributed by atoms with E-state index >= 15 is 0 Å². The van der Waals surface area contributed by atoms with Crippen LogP contribution in [0.1, 0.15) is 20.7 Å². The van der Waals surface area contributed by atoms with Gasteiger partial charge >= 0.3 is 5.97 Å². The summed E-state index contributed by atoms with van der Waals surface area (Å²) in [6.45, 7) is 0. The van der Waals surface area contributed by atoms with Crippen LogP contribution in [-0.4, -0.2) is 47.2 Å². The lowest BCUT2D eigenvalue weighted by molar-refractivity contribution is 0.0694. The molecule has 17 heavy (non-hydrogen) atoms. The van der Waals surface area contributed by atoms with Crippen molar-refractivity contribution in [2.24, 2.45) is 0 Å². The van der Waals surface area contributed by atoms with Crippen molar-refractivity contribution in [2.45, 2.75) is 5.03 Å². The number of hydrogen-bond acceptors (Lipinski definition) is 4. The molecule has 0 aromatic carbocycles. The van der Waals surface area contributed by atoms with Crippen molar-refractivity contribution < 1.29 is 14.7 Å². The molecule has 1 rings (SSSR count). The molecule has 0 saturated carbocycles. The molecule has 0 aliphatic heterocycles. The Hall–Kier alpha value is -1.76. The zero-order valence-electron chi connectivity index (χ0n) is 9.60. The van der Waals surface area contributed by atoms with Crippen LogP contribution in [0.5, 0.6) is 0 Å². The fraction of sp³-hybridized carbons (Fsp3) is 0.300. The number of aromatic carboxylic acids is 1. The Bertz CT molecular complexity index is 522. The molecule has 0 unspecified atom stereocenters. The first-order chi connectivity index (χ1) is 7.88. The number of nitrogens with zero attached hydrogens (tertiary/aromatic N) is 1. The summed E-state index contributed by atoms with van der Waals surface area (Å²) < 4.78 is 0. The highest BCUT2D eigenvalue weighted by Crippen LogP contribution is 2.18. The van der Waals surface area contributed by atoms with E-state index in [0.717, 1.165) is 6.07 Å². The highest BCUT2D eigenvalue weighted by molar-refractivity contribution is 7.98. The second-order valence-corrected chi connectivity index (χ2v) is 4.28. The number of carboxylic acid groups (broad SMARTS) is 1. The monoisotopic (exact) mass is 256 g/mol. The van der Waals surface area contributed by atoms with E-state index in [-0.39, 0.29) is 11.5 Å². The lowest BCUT2D eigenvalue weighted by Gasteiger charge is -2.13. The molecule has 0 bridgehead atoms. The molecule has 6 nitrogen and oxygen atoms in total. The molecule has 1 aromatic heterocycles. The van der Waals surface area contributed by atoms with Crippen LogP contribution in [0.3, 0.4) is 0 Å². The second-order valence-electron chi connectivity index (χ2n) is 3.46. The number of hydrogen-bond donors (Lipinski definition) is 2. The summed E-state index contributed by atoms with van der Waals surface area (Å²) in [6.07, 6.45) is 1.69. The van der Waals surface area contributed by atoms with Gasteiger partial charge in [0.2, 0.25) is 0 Å². The van der Waals surface area contributed by atoms with Gasteiger partial charge in [-0.1, -0.05) is 0 Å². The molecule has 0 spiro atoms. The van der Waals surface area contributed by atoms with Crippen LogP contribution in [0.2, 0.25) is 0 Å². The van der Waals surface area contributed by atoms with Crippen molar-refractivity contribution in [3.8, 4) is 0 Å². The molecule has 2 N–H and O–H groups in total. The summed E-state index contributed by atoms with van der Waals surface area (Å²) in [7, 11) is 3.11. The minimum atomic E-state index is -1.35. The Labute approximate surface area is 102 Å². The third-order valence-electron chi connectivity index (χ3n) is 2.08.